The van der Waals surface area contributed by atoms with Gasteiger partial charge in [0.15, 0.2) is 8.29 Å². The van der Waals surface area contributed by atoms with Crippen molar-refractivity contribution >= 4 is 64.4 Å². The molecule has 1 aromatic heterocycles. The molecule has 3 aromatic rings. The first-order valence-electron chi connectivity index (χ1n) is 8.16. The summed E-state index contributed by atoms with van der Waals surface area (Å²) in [6.07, 6.45) is 0. The van der Waals surface area contributed by atoms with Gasteiger partial charge in [0.1, 0.15) is 0 Å². The molecule has 0 saturated carbocycles. The predicted molar refractivity (Wildman–Crippen MR) is 117 cm³/mol. The Morgan fingerprint density at radius 3 is 2.67 bits per heavy atom. The molecule has 0 unspecified atom stereocenters. The lowest BCUT2D eigenvalue weighted by Gasteiger charge is -2.06. The first-order chi connectivity index (χ1) is 14.3. The van der Waals surface area contributed by atoms with Gasteiger partial charge in [0.2, 0.25) is 5.91 Å². The van der Waals surface area contributed by atoms with Gasteiger partial charge in [-0.25, -0.2) is 4.68 Å². The molecule has 0 aliphatic carbocycles. The number of rotatable bonds is 6. The average molecular weight is 482 g/mol. The third-order valence-electron chi connectivity index (χ3n) is 3.56. The largest absolute Gasteiger partial charge is 0.272 e. The fraction of sp³-hybridized carbons (Fsp3) is 0.0588. The maximum atomic E-state index is 12.0. The van der Waals surface area contributed by atoms with E-state index in [9.17, 15) is 19.7 Å². The highest BCUT2D eigenvalue weighted by atomic mass is 35.5. The van der Waals surface area contributed by atoms with E-state index in [0.29, 0.717) is 13.3 Å². The van der Waals surface area contributed by atoms with Crippen LogP contribution in [0.15, 0.2) is 52.9 Å². The van der Waals surface area contributed by atoms with Gasteiger partial charge >= 0.3 is 0 Å². The van der Waals surface area contributed by atoms with Crippen LogP contribution in [0.1, 0.15) is 10.4 Å². The molecule has 2 aromatic carbocycles. The molecule has 0 fully saturated rings. The summed E-state index contributed by atoms with van der Waals surface area (Å²) in [6, 6.07) is 12.2. The number of thioether (sulfide) groups is 1. The topological polar surface area (TPSA) is 119 Å². The number of non-ortho nitro benzene ring substituents is 1. The Balaban J connectivity index is 1.54. The van der Waals surface area contributed by atoms with Gasteiger partial charge in [-0.15, -0.1) is 5.10 Å². The van der Waals surface area contributed by atoms with E-state index in [1.165, 1.54) is 29.5 Å². The van der Waals surface area contributed by atoms with Crippen molar-refractivity contribution in [3.8, 4) is 5.69 Å². The van der Waals surface area contributed by atoms with Crippen molar-refractivity contribution in [2.45, 2.75) is 4.34 Å². The quantitative estimate of drug-likeness (QED) is 0.238. The Morgan fingerprint density at radius 1 is 1.23 bits per heavy atom. The summed E-state index contributed by atoms with van der Waals surface area (Å²) < 4.78 is 2.66. The number of nitro benzene ring substituents is 1. The number of halogens is 1. The van der Waals surface area contributed by atoms with Crippen LogP contribution in [0.25, 0.3) is 5.69 Å². The monoisotopic (exact) mass is 481 g/mol. The van der Waals surface area contributed by atoms with Crippen LogP contribution in [-0.4, -0.2) is 32.3 Å². The minimum Gasteiger partial charge on any atom is -0.272 e. The first-order valence-corrected chi connectivity index (χ1v) is 10.7. The highest BCUT2D eigenvalue weighted by Crippen LogP contribution is 2.24. The number of hydrogen-bond donors (Lipinski definition) is 2. The van der Waals surface area contributed by atoms with Crippen LogP contribution in [0.2, 0.25) is 5.02 Å². The molecule has 1 heterocycles. The second-order valence-corrected chi connectivity index (χ2v) is 8.90. The maximum Gasteiger partial charge on any atom is 0.270 e. The van der Waals surface area contributed by atoms with Gasteiger partial charge < -0.3 is 0 Å². The zero-order valence-corrected chi connectivity index (χ0v) is 18.1. The van der Waals surface area contributed by atoms with Crippen molar-refractivity contribution in [1.29, 1.82) is 0 Å². The Kier molecular flexibility index (Phi) is 7.15. The number of nitrogens with one attached hydrogen (secondary N) is 2. The van der Waals surface area contributed by atoms with Crippen LogP contribution in [0.5, 0.6) is 0 Å². The van der Waals surface area contributed by atoms with Crippen LogP contribution < -0.4 is 10.9 Å². The van der Waals surface area contributed by atoms with E-state index in [4.69, 9.17) is 23.8 Å². The molecule has 13 heteroatoms. The molecule has 0 radical (unpaired) electrons. The van der Waals surface area contributed by atoms with Crippen molar-refractivity contribution in [3.63, 3.8) is 0 Å². The fourth-order valence-electron chi connectivity index (χ4n) is 2.19. The van der Waals surface area contributed by atoms with Gasteiger partial charge in [-0.2, -0.15) is 0 Å². The molecule has 0 atom stereocenters. The summed E-state index contributed by atoms with van der Waals surface area (Å²) in [5, 5.41) is 15.7. The van der Waals surface area contributed by atoms with Crippen LogP contribution in [0.3, 0.4) is 0 Å². The number of aromatic nitrogens is 2. The molecule has 2 N–H and O–H groups in total. The van der Waals surface area contributed by atoms with Crippen molar-refractivity contribution < 1.29 is 14.5 Å². The lowest BCUT2D eigenvalue weighted by Crippen LogP contribution is -2.42. The molecule has 0 aliphatic rings. The molecule has 9 nitrogen and oxygen atoms in total. The van der Waals surface area contributed by atoms with E-state index < -0.39 is 16.7 Å². The van der Waals surface area contributed by atoms with Crippen LogP contribution in [0.4, 0.5) is 5.69 Å². The molecule has 0 aliphatic heterocycles. The number of hydrogen-bond acceptors (Lipinski definition) is 8. The van der Waals surface area contributed by atoms with Crippen molar-refractivity contribution in [2.75, 3.05) is 5.75 Å². The molecule has 2 amide bonds. The minimum absolute atomic E-state index is 0.0158. The van der Waals surface area contributed by atoms with Crippen LogP contribution >= 0.6 is 46.9 Å². The number of benzene rings is 2. The van der Waals surface area contributed by atoms with Gasteiger partial charge in [-0.05, 0) is 42.5 Å². The van der Waals surface area contributed by atoms with Gasteiger partial charge in [-0.1, -0.05) is 40.8 Å². The summed E-state index contributed by atoms with van der Waals surface area (Å²) in [6.45, 7) is 0. The number of hydrazine groups is 1. The average Bonchev–Trinajstić information content (AvgIpc) is 3.11. The number of nitro groups is 1. The van der Waals surface area contributed by atoms with E-state index in [0.717, 1.165) is 23.5 Å². The van der Waals surface area contributed by atoms with Gasteiger partial charge in [0.25, 0.3) is 11.6 Å². The zero-order chi connectivity index (χ0) is 21.7. The highest BCUT2D eigenvalue weighted by Gasteiger charge is 2.13. The van der Waals surface area contributed by atoms with E-state index >= 15 is 0 Å². The Hall–Kier alpha value is -2.80. The second-order valence-electron chi connectivity index (χ2n) is 5.62. The summed E-state index contributed by atoms with van der Waals surface area (Å²) in [4.78, 5) is 34.2. The lowest BCUT2D eigenvalue weighted by atomic mass is 10.2. The predicted octanol–water partition coefficient (Wildman–Crippen LogP) is 3.78. The molecular weight excluding hydrogens is 470 g/mol. The van der Waals surface area contributed by atoms with E-state index in [2.05, 4.69) is 16.0 Å². The SMILES string of the molecule is O=C(CSc1nn(-c2ccc(Cl)cc2)c(=S)s1)NNC(=O)c1cccc([N+](=O)[O-])c1. The molecule has 154 valence electrons. The van der Waals surface area contributed by atoms with E-state index in [1.807, 2.05) is 0 Å². The Labute approximate surface area is 188 Å². The second kappa shape index (κ2) is 9.80. The third-order valence-corrected chi connectivity index (χ3v) is 6.18. The third kappa shape index (κ3) is 5.63. The number of amides is 2. The number of carbonyl (C=O) groups is 2. The molecule has 3 rings (SSSR count). The molecule has 0 spiro atoms. The molecule has 30 heavy (non-hydrogen) atoms. The van der Waals surface area contributed by atoms with Crippen molar-refractivity contribution in [3.05, 3.63) is 73.2 Å². The van der Waals surface area contributed by atoms with E-state index in [-0.39, 0.29) is 17.0 Å². The first kappa shape index (κ1) is 21.9. The van der Waals surface area contributed by atoms with Crippen LogP contribution in [0, 0.1) is 14.1 Å². The lowest BCUT2D eigenvalue weighted by molar-refractivity contribution is -0.384. The highest BCUT2D eigenvalue weighted by molar-refractivity contribution is 8.01. The van der Waals surface area contributed by atoms with Crippen molar-refractivity contribution in [1.82, 2.24) is 20.6 Å². The zero-order valence-electron chi connectivity index (χ0n) is 14.9. The minimum atomic E-state index is -0.667. The normalized spacial score (nSPS) is 10.4. The molecule has 0 saturated heterocycles. The summed E-state index contributed by atoms with van der Waals surface area (Å²) in [7, 11) is 0. The van der Waals surface area contributed by atoms with Crippen LogP contribution in [-0.2, 0) is 4.79 Å². The van der Waals surface area contributed by atoms with E-state index in [1.54, 1.807) is 28.9 Å². The molecular formula is C17H12ClN5O4S3. The summed E-state index contributed by atoms with van der Waals surface area (Å²) in [5.41, 5.74) is 5.06. The smallest absolute Gasteiger partial charge is 0.270 e. The van der Waals surface area contributed by atoms with Gasteiger partial charge in [0, 0.05) is 22.7 Å². The molecule has 0 bridgehead atoms. The Bertz CT molecular complexity index is 1160. The number of nitrogens with zero attached hydrogens (tertiary/aromatic N) is 3. The fourth-order valence-corrected chi connectivity index (χ4v) is 4.47. The summed E-state index contributed by atoms with van der Waals surface area (Å²) in [5.74, 6) is -1.16. The van der Waals surface area contributed by atoms with Gasteiger partial charge in [0.05, 0.1) is 16.4 Å². The summed E-state index contributed by atoms with van der Waals surface area (Å²) >= 11 is 13.6. The maximum absolute atomic E-state index is 12.0. The number of carbonyl (C=O) groups excluding carboxylic acids is 2. The standard InChI is InChI=1S/C17H12ClN5O4S3/c18-11-4-6-12(7-5-11)22-17(28)30-16(21-22)29-9-14(24)19-20-15(25)10-2-1-3-13(8-10)23(26)27/h1-8H,9H2,(H,19,24)(H,20,25). The van der Waals surface area contributed by atoms with Crippen molar-refractivity contribution in [2.24, 2.45) is 0 Å². The van der Waals surface area contributed by atoms with Gasteiger partial charge in [-0.3, -0.25) is 30.6 Å². The Morgan fingerprint density at radius 2 is 1.97 bits per heavy atom.